The Bertz CT molecular complexity index is 725. The van der Waals surface area contributed by atoms with Gasteiger partial charge in [0.2, 0.25) is 17.7 Å². The van der Waals surface area contributed by atoms with E-state index in [4.69, 9.17) is 8.94 Å². The molecule has 0 saturated carbocycles. The second kappa shape index (κ2) is 5.12. The molecule has 0 atom stereocenters. The molecule has 2 aromatic heterocycles. The van der Waals surface area contributed by atoms with Crippen molar-refractivity contribution in [1.82, 2.24) is 20.3 Å². The number of hydrogen-bond donors (Lipinski definition) is 0. The minimum Gasteiger partial charge on any atom is -0.420 e. The maximum Gasteiger partial charge on any atom is 0.247 e. The zero-order chi connectivity index (χ0) is 14.9. The highest BCUT2D eigenvalue weighted by Gasteiger charge is 2.22. The van der Waals surface area contributed by atoms with Gasteiger partial charge in [-0.1, -0.05) is 44.1 Å². The van der Waals surface area contributed by atoms with Crippen molar-refractivity contribution in [1.29, 1.82) is 0 Å². The smallest absolute Gasteiger partial charge is 0.247 e. The first kappa shape index (κ1) is 13.5. The summed E-state index contributed by atoms with van der Waals surface area (Å²) < 4.78 is 10.8. The zero-order valence-corrected chi connectivity index (χ0v) is 12.2. The van der Waals surface area contributed by atoms with Crippen LogP contribution in [0, 0.1) is 0 Å². The fraction of sp³-hybridized carbons (Fsp3) is 0.333. The van der Waals surface area contributed by atoms with Gasteiger partial charge in [-0.25, -0.2) is 0 Å². The molecule has 0 unspecified atom stereocenters. The van der Waals surface area contributed by atoms with Gasteiger partial charge in [-0.05, 0) is 12.1 Å². The third-order valence-corrected chi connectivity index (χ3v) is 2.93. The monoisotopic (exact) mass is 284 g/mol. The lowest BCUT2D eigenvalue weighted by Gasteiger charge is -2.10. The van der Waals surface area contributed by atoms with E-state index in [1.54, 1.807) is 0 Å². The molecule has 3 rings (SSSR count). The van der Waals surface area contributed by atoms with Crippen molar-refractivity contribution >= 4 is 0 Å². The van der Waals surface area contributed by atoms with Gasteiger partial charge < -0.3 is 8.94 Å². The van der Waals surface area contributed by atoms with Crippen LogP contribution in [0.4, 0.5) is 0 Å². The van der Waals surface area contributed by atoms with Crippen LogP contribution in [0.1, 0.15) is 38.4 Å². The second-order valence-electron chi connectivity index (χ2n) is 5.81. The zero-order valence-electron chi connectivity index (χ0n) is 12.2. The summed E-state index contributed by atoms with van der Waals surface area (Å²) in [6, 6.07) is 9.62. The third-order valence-electron chi connectivity index (χ3n) is 2.93. The number of benzene rings is 1. The van der Waals surface area contributed by atoms with Gasteiger partial charge in [0.15, 0.2) is 5.82 Å². The first-order valence-corrected chi connectivity index (χ1v) is 6.73. The molecule has 6 heteroatoms. The van der Waals surface area contributed by atoms with E-state index in [1.165, 1.54) is 0 Å². The van der Waals surface area contributed by atoms with E-state index in [0.29, 0.717) is 29.9 Å². The highest BCUT2D eigenvalue weighted by Crippen LogP contribution is 2.21. The molecule has 0 saturated heterocycles. The first-order valence-electron chi connectivity index (χ1n) is 6.73. The molecule has 0 N–H and O–H groups in total. The maximum absolute atomic E-state index is 5.62. The van der Waals surface area contributed by atoms with Crippen molar-refractivity contribution < 1.29 is 8.94 Å². The van der Waals surface area contributed by atoms with E-state index in [1.807, 2.05) is 51.1 Å². The molecule has 0 amide bonds. The highest BCUT2D eigenvalue weighted by molar-refractivity contribution is 5.51. The van der Waals surface area contributed by atoms with Gasteiger partial charge in [0.25, 0.3) is 0 Å². The van der Waals surface area contributed by atoms with Gasteiger partial charge in [-0.15, -0.1) is 10.2 Å². The summed E-state index contributed by atoms with van der Waals surface area (Å²) in [6.45, 7) is 6.09. The summed E-state index contributed by atoms with van der Waals surface area (Å²) >= 11 is 0. The molecule has 0 fully saturated rings. The Morgan fingerprint density at radius 1 is 1.00 bits per heavy atom. The van der Waals surface area contributed by atoms with Crippen LogP contribution < -0.4 is 0 Å². The van der Waals surface area contributed by atoms with E-state index in [-0.39, 0.29) is 5.41 Å². The molecule has 1 aromatic carbocycles. The third kappa shape index (κ3) is 2.99. The van der Waals surface area contributed by atoms with Gasteiger partial charge in [0.1, 0.15) is 6.42 Å². The van der Waals surface area contributed by atoms with E-state index >= 15 is 0 Å². The van der Waals surface area contributed by atoms with Crippen LogP contribution in [0.25, 0.3) is 11.5 Å². The predicted octanol–water partition coefficient (Wildman–Crippen LogP) is 3.01. The van der Waals surface area contributed by atoms with Crippen molar-refractivity contribution in [3.05, 3.63) is 47.9 Å². The van der Waals surface area contributed by atoms with E-state index < -0.39 is 0 Å². The van der Waals surface area contributed by atoms with Crippen molar-refractivity contribution in [2.45, 2.75) is 32.6 Å². The Balaban J connectivity index is 1.77. The molecule has 3 aromatic rings. The number of hydrogen-bond acceptors (Lipinski definition) is 6. The summed E-state index contributed by atoms with van der Waals surface area (Å²) in [7, 11) is 0. The number of rotatable bonds is 3. The molecular formula is C15H16N4O2. The second-order valence-corrected chi connectivity index (χ2v) is 5.81. The van der Waals surface area contributed by atoms with Gasteiger partial charge in [-0.2, -0.15) is 4.98 Å². The normalized spacial score (nSPS) is 11.8. The van der Waals surface area contributed by atoms with Crippen LogP contribution in [-0.2, 0) is 11.8 Å². The Labute approximate surface area is 122 Å². The molecule has 0 aliphatic heterocycles. The number of nitrogens with zero attached hydrogens (tertiary/aromatic N) is 4. The fourth-order valence-electron chi connectivity index (χ4n) is 1.78. The van der Waals surface area contributed by atoms with Crippen LogP contribution in [0.3, 0.4) is 0 Å². The van der Waals surface area contributed by atoms with Gasteiger partial charge in [-0.3, -0.25) is 0 Å². The maximum atomic E-state index is 5.62. The van der Waals surface area contributed by atoms with E-state index in [2.05, 4.69) is 20.3 Å². The molecule has 21 heavy (non-hydrogen) atoms. The topological polar surface area (TPSA) is 77.8 Å². The van der Waals surface area contributed by atoms with Crippen LogP contribution in [0.5, 0.6) is 0 Å². The van der Waals surface area contributed by atoms with Crippen LogP contribution >= 0.6 is 0 Å². The Morgan fingerprint density at radius 3 is 2.43 bits per heavy atom. The predicted molar refractivity (Wildman–Crippen MR) is 75.5 cm³/mol. The lowest BCUT2D eigenvalue weighted by molar-refractivity contribution is 0.360. The van der Waals surface area contributed by atoms with Crippen molar-refractivity contribution in [3.8, 4) is 11.5 Å². The van der Waals surface area contributed by atoms with Crippen LogP contribution in [0.15, 0.2) is 39.3 Å². The molecule has 0 radical (unpaired) electrons. The van der Waals surface area contributed by atoms with E-state index in [9.17, 15) is 0 Å². The molecule has 0 spiro atoms. The van der Waals surface area contributed by atoms with E-state index in [0.717, 1.165) is 5.56 Å². The molecule has 0 aliphatic carbocycles. The average Bonchev–Trinajstić information content (AvgIpc) is 3.09. The largest absolute Gasteiger partial charge is 0.420 e. The molecule has 0 aliphatic rings. The lowest BCUT2D eigenvalue weighted by atomic mass is 9.96. The molecule has 0 bridgehead atoms. The van der Waals surface area contributed by atoms with Crippen LogP contribution in [-0.4, -0.2) is 20.3 Å². The summed E-state index contributed by atoms with van der Waals surface area (Å²) in [6.07, 6.45) is 0.336. The van der Waals surface area contributed by atoms with Crippen molar-refractivity contribution in [2.75, 3.05) is 0 Å². The minimum absolute atomic E-state index is 0.147. The summed E-state index contributed by atoms with van der Waals surface area (Å²) in [4.78, 5) is 4.35. The quantitative estimate of drug-likeness (QED) is 0.735. The first-order chi connectivity index (χ1) is 10.0. The average molecular weight is 284 g/mol. The SMILES string of the molecule is CC(C)(C)c1noc(Cc2nnc(-c3ccccc3)o2)n1. The summed E-state index contributed by atoms with van der Waals surface area (Å²) in [5.74, 6) is 2.09. The number of aromatic nitrogens is 4. The van der Waals surface area contributed by atoms with Crippen molar-refractivity contribution in [2.24, 2.45) is 0 Å². The standard InChI is InChI=1S/C15H16N4O2/c1-15(2,3)14-16-11(21-19-14)9-12-17-18-13(20-12)10-7-5-4-6-8-10/h4-8H,9H2,1-3H3. The molecular weight excluding hydrogens is 268 g/mol. The summed E-state index contributed by atoms with van der Waals surface area (Å²) in [5.41, 5.74) is 0.739. The van der Waals surface area contributed by atoms with Gasteiger partial charge in [0.05, 0.1) is 0 Å². The summed E-state index contributed by atoms with van der Waals surface area (Å²) in [5, 5.41) is 12.0. The minimum atomic E-state index is -0.147. The Kier molecular flexibility index (Phi) is 3.29. The van der Waals surface area contributed by atoms with Crippen molar-refractivity contribution in [3.63, 3.8) is 0 Å². The Hall–Kier alpha value is -2.50. The molecule has 6 nitrogen and oxygen atoms in total. The lowest BCUT2D eigenvalue weighted by Crippen LogP contribution is -2.13. The van der Waals surface area contributed by atoms with Gasteiger partial charge in [0, 0.05) is 11.0 Å². The highest BCUT2D eigenvalue weighted by atomic mass is 16.5. The molecule has 108 valence electrons. The Morgan fingerprint density at radius 2 is 1.76 bits per heavy atom. The molecule has 2 heterocycles. The van der Waals surface area contributed by atoms with Gasteiger partial charge >= 0.3 is 0 Å². The van der Waals surface area contributed by atoms with Crippen LogP contribution in [0.2, 0.25) is 0 Å². The fourth-order valence-corrected chi connectivity index (χ4v) is 1.78.